The highest BCUT2D eigenvalue weighted by atomic mass is 19.1. The maximum Gasteiger partial charge on any atom is 0.312 e. The van der Waals surface area contributed by atoms with Crippen LogP contribution in [0, 0.1) is 23.1 Å². The number of nitrogens with one attached hydrogen (secondary N) is 1. The first-order valence-electron chi connectivity index (χ1n) is 15.7. The van der Waals surface area contributed by atoms with Crippen LogP contribution >= 0.6 is 0 Å². The third kappa shape index (κ3) is 6.38. The monoisotopic (exact) mass is 577 g/mol. The molecule has 1 aliphatic heterocycles. The van der Waals surface area contributed by atoms with Crippen molar-refractivity contribution >= 4 is 17.8 Å². The smallest absolute Gasteiger partial charge is 0.312 e. The minimum Gasteiger partial charge on any atom is -0.466 e. The summed E-state index contributed by atoms with van der Waals surface area (Å²) in [6, 6.07) is 12.7. The highest BCUT2D eigenvalue weighted by Gasteiger charge is 2.49. The van der Waals surface area contributed by atoms with Gasteiger partial charge in [-0.05, 0) is 80.2 Å². The normalized spacial score (nSPS) is 23.0. The fourth-order valence-electron chi connectivity index (χ4n) is 7.48. The molecule has 3 N–H and O–H groups in total. The maximum atomic E-state index is 14.0. The molecule has 2 aliphatic carbocycles. The summed E-state index contributed by atoms with van der Waals surface area (Å²) in [4.78, 5) is 42.8. The Bertz CT molecular complexity index is 1250. The highest BCUT2D eigenvalue weighted by Crippen LogP contribution is 2.47. The Morgan fingerprint density at radius 2 is 1.71 bits per heavy atom. The number of carbonyl (C=O) groups excluding carboxylic acids is 3. The van der Waals surface area contributed by atoms with Crippen molar-refractivity contribution in [3.8, 4) is 0 Å². The van der Waals surface area contributed by atoms with Crippen LogP contribution in [-0.4, -0.2) is 48.4 Å². The Balaban J connectivity index is 1.32. The van der Waals surface area contributed by atoms with Crippen molar-refractivity contribution in [2.75, 3.05) is 19.7 Å². The van der Waals surface area contributed by atoms with Crippen LogP contribution in [0.5, 0.6) is 0 Å². The van der Waals surface area contributed by atoms with E-state index in [0.717, 1.165) is 48.8 Å². The largest absolute Gasteiger partial charge is 0.466 e. The van der Waals surface area contributed by atoms with Crippen LogP contribution in [0.15, 0.2) is 48.5 Å². The number of rotatable bonds is 8. The standard InChI is InChI=1S/C34H44FN3O4/c1-2-42-33(41)34(25-9-4-3-5-10-25)18-20-38(21-19-34)32(40)29(22-23-12-15-26(35)16-13-23)37-31(39)28-17-14-24-8-6-7-11-27(24)30(28)36/h6-8,11-13,15-16,25,28-30H,2-5,9-10,14,17-22,36H2,1H3,(H,37,39)/t28-,29-,30+/m1/s1. The number of amides is 2. The zero-order valence-electron chi connectivity index (χ0n) is 24.7. The number of halogens is 1. The third-order valence-electron chi connectivity index (χ3n) is 9.91. The van der Waals surface area contributed by atoms with Crippen molar-refractivity contribution in [2.45, 2.75) is 83.2 Å². The molecule has 42 heavy (non-hydrogen) atoms. The average Bonchev–Trinajstić information content (AvgIpc) is 3.02. The average molecular weight is 578 g/mol. The minimum absolute atomic E-state index is 0.133. The first kappa shape index (κ1) is 30.2. The van der Waals surface area contributed by atoms with E-state index in [-0.39, 0.29) is 35.9 Å². The van der Waals surface area contributed by atoms with Gasteiger partial charge in [-0.3, -0.25) is 14.4 Å². The van der Waals surface area contributed by atoms with E-state index in [9.17, 15) is 18.8 Å². The van der Waals surface area contributed by atoms with Gasteiger partial charge in [0.25, 0.3) is 0 Å². The zero-order valence-corrected chi connectivity index (χ0v) is 24.7. The number of nitrogens with zero attached hydrogens (tertiary/aromatic N) is 1. The molecule has 1 heterocycles. The fourth-order valence-corrected chi connectivity index (χ4v) is 7.48. The van der Waals surface area contributed by atoms with Crippen molar-refractivity contribution in [3.63, 3.8) is 0 Å². The number of esters is 1. The lowest BCUT2D eigenvalue weighted by Gasteiger charge is -2.46. The molecule has 0 radical (unpaired) electrons. The molecule has 1 saturated carbocycles. The molecule has 2 fully saturated rings. The van der Waals surface area contributed by atoms with Gasteiger partial charge >= 0.3 is 5.97 Å². The lowest BCUT2D eigenvalue weighted by atomic mass is 9.63. The summed E-state index contributed by atoms with van der Waals surface area (Å²) in [6.45, 7) is 3.04. The molecule has 5 rings (SSSR count). The van der Waals surface area contributed by atoms with Gasteiger partial charge in [0.1, 0.15) is 11.9 Å². The number of ether oxygens (including phenoxy) is 1. The number of hydrogen-bond donors (Lipinski definition) is 2. The van der Waals surface area contributed by atoms with Gasteiger partial charge in [0.05, 0.1) is 17.9 Å². The molecule has 1 saturated heterocycles. The molecule has 7 nitrogen and oxygen atoms in total. The van der Waals surface area contributed by atoms with Crippen LogP contribution in [0.25, 0.3) is 0 Å². The van der Waals surface area contributed by atoms with Crippen molar-refractivity contribution < 1.29 is 23.5 Å². The summed E-state index contributed by atoms with van der Waals surface area (Å²) in [5.74, 6) is -1.09. The summed E-state index contributed by atoms with van der Waals surface area (Å²) in [6.07, 6.45) is 8.18. The van der Waals surface area contributed by atoms with Gasteiger partial charge < -0.3 is 20.7 Å². The zero-order chi connectivity index (χ0) is 29.7. The number of hydrogen-bond acceptors (Lipinski definition) is 5. The van der Waals surface area contributed by atoms with Gasteiger partial charge in [-0.25, -0.2) is 4.39 Å². The number of aryl methyl sites for hydroxylation is 1. The Morgan fingerprint density at radius 3 is 2.40 bits per heavy atom. The molecule has 8 heteroatoms. The van der Waals surface area contributed by atoms with Gasteiger partial charge in [-0.1, -0.05) is 55.7 Å². The molecule has 3 aliphatic rings. The van der Waals surface area contributed by atoms with E-state index in [1.54, 1.807) is 17.0 Å². The topological polar surface area (TPSA) is 102 Å². The predicted octanol–water partition coefficient (Wildman–Crippen LogP) is 4.87. The molecule has 3 atom stereocenters. The quantitative estimate of drug-likeness (QED) is 0.436. The van der Waals surface area contributed by atoms with Gasteiger partial charge in [0.15, 0.2) is 0 Å². The van der Waals surface area contributed by atoms with E-state index in [0.29, 0.717) is 39.0 Å². The van der Waals surface area contributed by atoms with Crippen LogP contribution in [0.2, 0.25) is 0 Å². The Morgan fingerprint density at radius 1 is 1.02 bits per heavy atom. The summed E-state index contributed by atoms with van der Waals surface area (Å²) >= 11 is 0. The first-order chi connectivity index (χ1) is 20.3. The molecule has 2 aromatic rings. The SMILES string of the molecule is CCOC(=O)C1(C2CCCCC2)CCN(C(=O)[C@@H](Cc2ccc(F)cc2)NC(=O)[C@@H]2CCc3ccccc3[C@@H]2N)CC1. The van der Waals surface area contributed by atoms with Crippen molar-refractivity contribution in [2.24, 2.45) is 23.0 Å². The number of nitrogens with two attached hydrogens (primary N) is 1. The summed E-state index contributed by atoms with van der Waals surface area (Å²) in [7, 11) is 0. The second-order valence-electron chi connectivity index (χ2n) is 12.3. The van der Waals surface area contributed by atoms with Crippen molar-refractivity contribution in [3.05, 3.63) is 71.0 Å². The number of benzene rings is 2. The second kappa shape index (κ2) is 13.4. The van der Waals surface area contributed by atoms with Crippen LogP contribution in [0.3, 0.4) is 0 Å². The van der Waals surface area contributed by atoms with Gasteiger partial charge in [0, 0.05) is 25.6 Å². The van der Waals surface area contributed by atoms with Gasteiger partial charge in [-0.15, -0.1) is 0 Å². The molecule has 0 spiro atoms. The lowest BCUT2D eigenvalue weighted by molar-refractivity contribution is -0.166. The van der Waals surface area contributed by atoms with E-state index < -0.39 is 23.4 Å². The molecular weight excluding hydrogens is 533 g/mol. The summed E-state index contributed by atoms with van der Waals surface area (Å²) < 4.78 is 19.2. The Labute approximate surface area is 248 Å². The van der Waals surface area contributed by atoms with Crippen LogP contribution in [0.4, 0.5) is 4.39 Å². The Kier molecular flexibility index (Phi) is 9.61. The predicted molar refractivity (Wildman–Crippen MR) is 159 cm³/mol. The second-order valence-corrected chi connectivity index (χ2v) is 12.3. The van der Waals surface area contributed by atoms with E-state index in [1.165, 1.54) is 18.6 Å². The lowest BCUT2D eigenvalue weighted by Crippen LogP contribution is -2.56. The van der Waals surface area contributed by atoms with Crippen LogP contribution in [-0.2, 0) is 32.0 Å². The van der Waals surface area contributed by atoms with Crippen LogP contribution < -0.4 is 11.1 Å². The molecule has 2 amide bonds. The molecule has 0 unspecified atom stereocenters. The Hall–Kier alpha value is -3.26. The number of carbonyl (C=O) groups is 3. The first-order valence-corrected chi connectivity index (χ1v) is 15.7. The fraction of sp³-hybridized carbons (Fsp3) is 0.559. The number of fused-ring (bicyclic) bond motifs is 1. The molecule has 0 aromatic heterocycles. The molecule has 226 valence electrons. The molecule has 0 bridgehead atoms. The third-order valence-corrected chi connectivity index (χ3v) is 9.91. The van der Waals surface area contributed by atoms with Gasteiger partial charge in [-0.2, -0.15) is 0 Å². The number of likely N-dealkylation sites (tertiary alicyclic amines) is 1. The molecule has 2 aromatic carbocycles. The van der Waals surface area contributed by atoms with E-state index in [2.05, 4.69) is 5.32 Å². The van der Waals surface area contributed by atoms with Gasteiger partial charge in [0.2, 0.25) is 11.8 Å². The number of piperidine rings is 1. The summed E-state index contributed by atoms with van der Waals surface area (Å²) in [5.41, 5.74) is 8.89. The maximum absolute atomic E-state index is 14.0. The summed E-state index contributed by atoms with van der Waals surface area (Å²) in [5, 5.41) is 3.04. The molecular formula is C34H44FN3O4. The van der Waals surface area contributed by atoms with Crippen molar-refractivity contribution in [1.29, 1.82) is 0 Å². The highest BCUT2D eigenvalue weighted by molar-refractivity contribution is 5.89. The van der Waals surface area contributed by atoms with E-state index in [1.807, 2.05) is 31.2 Å². The van der Waals surface area contributed by atoms with Crippen molar-refractivity contribution in [1.82, 2.24) is 10.2 Å². The van der Waals surface area contributed by atoms with Crippen LogP contribution in [0.1, 0.15) is 81.0 Å². The van der Waals surface area contributed by atoms with E-state index in [4.69, 9.17) is 10.5 Å². The van der Waals surface area contributed by atoms with E-state index >= 15 is 0 Å². The minimum atomic E-state index is -0.822.